The van der Waals surface area contributed by atoms with Gasteiger partial charge in [-0.1, -0.05) is 37.1 Å². The first-order valence-corrected chi connectivity index (χ1v) is 9.17. The van der Waals surface area contributed by atoms with Crippen LogP contribution < -0.4 is 0 Å². The van der Waals surface area contributed by atoms with Crippen LogP contribution in [0.15, 0.2) is 34.6 Å². The number of hydrogen-bond donors (Lipinski definition) is 3. The highest BCUT2D eigenvalue weighted by Crippen LogP contribution is 2.43. The molecule has 0 radical (unpaired) electrons. The number of carbonyl (C=O) groups is 2. The number of hydrogen-bond acceptors (Lipinski definition) is 5. The van der Waals surface area contributed by atoms with Crippen molar-refractivity contribution in [2.75, 3.05) is 0 Å². The van der Waals surface area contributed by atoms with Crippen molar-refractivity contribution in [1.29, 1.82) is 0 Å². The van der Waals surface area contributed by atoms with Crippen molar-refractivity contribution in [2.24, 2.45) is 11.8 Å². The monoisotopic (exact) mass is 364 g/mol. The molecule has 0 saturated heterocycles. The van der Waals surface area contributed by atoms with Crippen LogP contribution in [0.1, 0.15) is 60.8 Å². The third-order valence-electron chi connectivity index (χ3n) is 5.04. The molecule has 146 valence electrons. The number of ketones is 2. The Morgan fingerprint density at radius 2 is 1.73 bits per heavy atom. The maximum Gasteiger partial charge on any atom is 0.176 e. The van der Waals surface area contributed by atoms with Gasteiger partial charge >= 0.3 is 0 Å². The summed E-state index contributed by atoms with van der Waals surface area (Å²) < 4.78 is 0. The van der Waals surface area contributed by atoms with Gasteiger partial charge in [-0.25, -0.2) is 0 Å². The van der Waals surface area contributed by atoms with Crippen molar-refractivity contribution < 1.29 is 24.9 Å². The summed E-state index contributed by atoms with van der Waals surface area (Å²) >= 11 is 0. The summed E-state index contributed by atoms with van der Waals surface area (Å²) in [6.45, 7) is 10.9. The number of rotatable bonds is 8. The zero-order valence-corrected chi connectivity index (χ0v) is 16.7. The Kier molecular flexibility index (Phi) is 7.54. The predicted octanol–water partition coefficient (Wildman–Crippen LogP) is 3.42. The van der Waals surface area contributed by atoms with Crippen molar-refractivity contribution in [3.8, 4) is 0 Å². The van der Waals surface area contributed by atoms with Crippen molar-refractivity contribution in [1.82, 2.24) is 0 Å². The molecular weight excluding hydrogens is 332 g/mol. The fourth-order valence-electron chi connectivity index (χ4n) is 3.08. The van der Waals surface area contributed by atoms with Gasteiger partial charge in [-0.15, -0.1) is 0 Å². The molecular formula is C21H32O5. The Labute approximate surface area is 156 Å². The molecule has 0 aromatic heterocycles. The van der Waals surface area contributed by atoms with E-state index in [2.05, 4.69) is 0 Å². The van der Waals surface area contributed by atoms with E-state index in [1.807, 2.05) is 34.6 Å². The topological polar surface area (TPSA) is 94.8 Å². The van der Waals surface area contributed by atoms with Crippen LogP contribution in [0.2, 0.25) is 0 Å². The van der Waals surface area contributed by atoms with Crippen LogP contribution in [0, 0.1) is 11.8 Å². The highest BCUT2D eigenvalue weighted by molar-refractivity contribution is 6.24. The van der Waals surface area contributed by atoms with Crippen LogP contribution in [0.3, 0.4) is 0 Å². The van der Waals surface area contributed by atoms with Gasteiger partial charge in [-0.05, 0) is 47.0 Å². The second kappa shape index (κ2) is 8.78. The molecule has 0 saturated carbocycles. The molecule has 0 aliphatic heterocycles. The van der Waals surface area contributed by atoms with E-state index in [1.165, 1.54) is 0 Å². The molecule has 0 fully saturated rings. The van der Waals surface area contributed by atoms with E-state index in [-0.39, 0.29) is 18.4 Å². The summed E-state index contributed by atoms with van der Waals surface area (Å²) in [4.78, 5) is 25.5. The SMILES string of the molecule is CCC(C)C(=O)C1=C(O)[C@](O)([C@H](O)CC=C(C)C)[C@H](CC=C(C)C)C1=O. The molecule has 1 rings (SSSR count). The molecule has 5 heteroatoms. The smallest absolute Gasteiger partial charge is 0.176 e. The molecule has 0 heterocycles. The molecule has 1 unspecified atom stereocenters. The molecule has 0 aromatic carbocycles. The van der Waals surface area contributed by atoms with E-state index in [0.717, 1.165) is 11.1 Å². The molecule has 26 heavy (non-hydrogen) atoms. The molecule has 0 amide bonds. The van der Waals surface area contributed by atoms with Gasteiger partial charge in [-0.2, -0.15) is 0 Å². The first-order chi connectivity index (χ1) is 12.0. The van der Waals surface area contributed by atoms with Gasteiger partial charge in [-0.3, -0.25) is 9.59 Å². The molecule has 1 aliphatic rings. The normalized spacial score (nSPS) is 25.1. The Morgan fingerprint density at radius 3 is 2.19 bits per heavy atom. The summed E-state index contributed by atoms with van der Waals surface area (Å²) in [5.41, 5.74) is -0.629. The third-order valence-corrected chi connectivity index (χ3v) is 5.04. The largest absolute Gasteiger partial charge is 0.508 e. The second-order valence-electron chi connectivity index (χ2n) is 7.69. The lowest BCUT2D eigenvalue weighted by Crippen LogP contribution is -2.49. The van der Waals surface area contributed by atoms with E-state index >= 15 is 0 Å². The van der Waals surface area contributed by atoms with Crippen LogP contribution in [-0.4, -0.2) is 38.6 Å². The fraction of sp³-hybridized carbons (Fsp3) is 0.619. The van der Waals surface area contributed by atoms with Gasteiger partial charge < -0.3 is 15.3 Å². The van der Waals surface area contributed by atoms with Gasteiger partial charge in [0, 0.05) is 5.92 Å². The van der Waals surface area contributed by atoms with Gasteiger partial charge in [0.05, 0.1) is 12.0 Å². The minimum absolute atomic E-state index is 0.0757. The van der Waals surface area contributed by atoms with Crippen LogP contribution in [0.25, 0.3) is 0 Å². The number of aliphatic hydroxyl groups excluding tert-OH is 2. The number of aliphatic hydroxyl groups is 3. The fourth-order valence-corrected chi connectivity index (χ4v) is 3.08. The maximum atomic E-state index is 12.9. The Morgan fingerprint density at radius 1 is 1.19 bits per heavy atom. The first kappa shape index (κ1) is 22.3. The minimum Gasteiger partial charge on any atom is -0.508 e. The number of allylic oxidation sites excluding steroid dienone is 4. The summed E-state index contributed by atoms with van der Waals surface area (Å²) in [6.07, 6.45) is 2.84. The molecule has 5 nitrogen and oxygen atoms in total. The lowest BCUT2D eigenvalue weighted by Gasteiger charge is -2.33. The highest BCUT2D eigenvalue weighted by Gasteiger charge is 2.58. The van der Waals surface area contributed by atoms with E-state index in [9.17, 15) is 24.9 Å². The van der Waals surface area contributed by atoms with Crippen LogP contribution in [0.4, 0.5) is 0 Å². The lowest BCUT2D eigenvalue weighted by molar-refractivity contribution is -0.134. The van der Waals surface area contributed by atoms with Gasteiger partial charge in [0.15, 0.2) is 17.2 Å². The van der Waals surface area contributed by atoms with Crippen molar-refractivity contribution in [3.05, 3.63) is 34.6 Å². The van der Waals surface area contributed by atoms with Crippen LogP contribution in [-0.2, 0) is 9.59 Å². The van der Waals surface area contributed by atoms with Gasteiger partial charge in [0.2, 0.25) is 0 Å². The van der Waals surface area contributed by atoms with Gasteiger partial charge in [0.25, 0.3) is 0 Å². The van der Waals surface area contributed by atoms with Crippen molar-refractivity contribution >= 4 is 11.6 Å². The van der Waals surface area contributed by atoms with Crippen LogP contribution >= 0.6 is 0 Å². The summed E-state index contributed by atoms with van der Waals surface area (Å²) in [5.74, 6) is -3.29. The van der Waals surface area contributed by atoms with E-state index < -0.39 is 40.9 Å². The summed E-state index contributed by atoms with van der Waals surface area (Å²) in [7, 11) is 0. The summed E-state index contributed by atoms with van der Waals surface area (Å²) in [5, 5.41) is 32.4. The number of Topliss-reactive ketones (excluding diaryl/α,β-unsaturated/α-hetero) is 2. The van der Waals surface area contributed by atoms with Gasteiger partial charge in [0.1, 0.15) is 11.3 Å². The van der Waals surface area contributed by atoms with Crippen molar-refractivity contribution in [2.45, 2.75) is 72.5 Å². The standard InChI is InChI=1S/C21H32O5/c1-7-14(6)18(23)17-19(24)15(10-8-12(2)3)21(26,20(17)25)16(22)11-9-13(4)5/h8-9,14-16,22,25-26H,7,10-11H2,1-6H3/t14?,15-,16-,21-/m1/s1. The van der Waals surface area contributed by atoms with E-state index in [0.29, 0.717) is 6.42 Å². The molecule has 3 N–H and O–H groups in total. The first-order valence-electron chi connectivity index (χ1n) is 9.17. The number of carbonyl (C=O) groups excluding carboxylic acids is 2. The second-order valence-corrected chi connectivity index (χ2v) is 7.69. The molecule has 4 atom stereocenters. The molecule has 0 bridgehead atoms. The minimum atomic E-state index is -2.16. The zero-order chi connectivity index (χ0) is 20.2. The predicted molar refractivity (Wildman–Crippen MR) is 102 cm³/mol. The average Bonchev–Trinajstić information content (AvgIpc) is 2.76. The highest BCUT2D eigenvalue weighted by atomic mass is 16.4. The summed E-state index contributed by atoms with van der Waals surface area (Å²) in [6, 6.07) is 0. The molecule has 0 spiro atoms. The maximum absolute atomic E-state index is 12.9. The lowest BCUT2D eigenvalue weighted by atomic mass is 9.80. The Bertz CT molecular complexity index is 647. The van der Waals surface area contributed by atoms with Crippen LogP contribution in [0.5, 0.6) is 0 Å². The zero-order valence-electron chi connectivity index (χ0n) is 16.7. The third kappa shape index (κ3) is 4.33. The molecule has 0 aromatic rings. The van der Waals surface area contributed by atoms with Crippen molar-refractivity contribution in [3.63, 3.8) is 0 Å². The Hall–Kier alpha value is -1.72. The van der Waals surface area contributed by atoms with E-state index in [1.54, 1.807) is 19.1 Å². The average molecular weight is 364 g/mol. The quantitative estimate of drug-likeness (QED) is 0.453. The Balaban J connectivity index is 3.43. The molecule has 1 aliphatic carbocycles. The van der Waals surface area contributed by atoms with E-state index in [4.69, 9.17) is 0 Å².